The van der Waals surface area contributed by atoms with Crippen molar-refractivity contribution in [1.82, 2.24) is 4.90 Å². The van der Waals surface area contributed by atoms with Crippen LogP contribution in [-0.4, -0.2) is 29.2 Å². The van der Waals surface area contributed by atoms with Crippen LogP contribution in [0.1, 0.15) is 18.4 Å². The first-order valence-corrected chi connectivity index (χ1v) is 7.22. The van der Waals surface area contributed by atoms with E-state index in [0.717, 1.165) is 48.1 Å². The fraction of sp³-hybridized carbons (Fsp3) is 0.571. The Labute approximate surface area is 117 Å². The number of halogens is 2. The molecule has 98 valence electrons. The molecule has 0 spiro atoms. The maximum absolute atomic E-state index is 9.64. The van der Waals surface area contributed by atoms with E-state index in [1.807, 2.05) is 18.2 Å². The Kier molecular flexibility index (Phi) is 3.55. The molecular weight excluding hydrogens is 269 g/mol. The molecule has 1 aliphatic carbocycles. The summed E-state index contributed by atoms with van der Waals surface area (Å²) in [4.78, 5) is 2.41. The summed E-state index contributed by atoms with van der Waals surface area (Å²) < 4.78 is 0. The minimum absolute atomic E-state index is 0.0777. The topological polar surface area (TPSA) is 23.5 Å². The normalized spacial score (nSPS) is 31.8. The van der Waals surface area contributed by atoms with Crippen LogP contribution >= 0.6 is 23.2 Å². The lowest BCUT2D eigenvalue weighted by atomic mass is 10.0. The van der Waals surface area contributed by atoms with Gasteiger partial charge in [0, 0.05) is 35.2 Å². The van der Waals surface area contributed by atoms with Crippen molar-refractivity contribution in [3.05, 3.63) is 33.8 Å². The van der Waals surface area contributed by atoms with Crippen LogP contribution in [0.15, 0.2) is 18.2 Å². The molecule has 3 atom stereocenters. The molecule has 1 aromatic rings. The third-order valence-corrected chi connectivity index (χ3v) is 4.95. The van der Waals surface area contributed by atoms with Gasteiger partial charge in [0.25, 0.3) is 0 Å². The summed E-state index contributed by atoms with van der Waals surface area (Å²) in [7, 11) is 0. The van der Waals surface area contributed by atoms with E-state index in [4.69, 9.17) is 23.2 Å². The number of aliphatic hydroxyl groups excluding tert-OH is 1. The van der Waals surface area contributed by atoms with E-state index in [0.29, 0.717) is 11.8 Å². The zero-order chi connectivity index (χ0) is 12.7. The second kappa shape index (κ2) is 5.01. The molecule has 2 aliphatic rings. The van der Waals surface area contributed by atoms with Crippen molar-refractivity contribution in [3.63, 3.8) is 0 Å². The Hall–Kier alpha value is -0.280. The molecule has 18 heavy (non-hydrogen) atoms. The molecule has 1 unspecified atom stereocenters. The Morgan fingerprint density at radius 1 is 1.11 bits per heavy atom. The highest BCUT2D eigenvalue weighted by molar-refractivity contribution is 6.35. The first-order chi connectivity index (χ1) is 8.63. The van der Waals surface area contributed by atoms with Crippen LogP contribution in [0.2, 0.25) is 10.0 Å². The van der Waals surface area contributed by atoms with E-state index in [1.54, 1.807) is 0 Å². The summed E-state index contributed by atoms with van der Waals surface area (Å²) in [6.45, 7) is 2.94. The summed E-state index contributed by atoms with van der Waals surface area (Å²) >= 11 is 12.4. The van der Waals surface area contributed by atoms with Crippen molar-refractivity contribution in [2.45, 2.75) is 25.5 Å². The zero-order valence-corrected chi connectivity index (χ0v) is 11.7. The minimum atomic E-state index is -0.0777. The van der Waals surface area contributed by atoms with Gasteiger partial charge in [0.2, 0.25) is 0 Å². The molecule has 1 aliphatic heterocycles. The molecule has 0 aromatic heterocycles. The second-order valence-electron chi connectivity index (χ2n) is 5.54. The highest BCUT2D eigenvalue weighted by Gasteiger charge is 2.40. The summed E-state index contributed by atoms with van der Waals surface area (Å²) in [5.74, 6) is 1.31. The number of hydrogen-bond donors (Lipinski definition) is 1. The van der Waals surface area contributed by atoms with Gasteiger partial charge in [-0.1, -0.05) is 29.3 Å². The maximum atomic E-state index is 9.64. The highest BCUT2D eigenvalue weighted by atomic mass is 35.5. The highest BCUT2D eigenvalue weighted by Crippen LogP contribution is 2.39. The van der Waals surface area contributed by atoms with Crippen LogP contribution in [-0.2, 0) is 6.54 Å². The molecule has 2 fully saturated rings. The van der Waals surface area contributed by atoms with Gasteiger partial charge in [-0.25, -0.2) is 0 Å². The number of fused-ring (bicyclic) bond motifs is 1. The van der Waals surface area contributed by atoms with Gasteiger partial charge >= 0.3 is 0 Å². The third kappa shape index (κ3) is 2.39. The van der Waals surface area contributed by atoms with Crippen LogP contribution in [0, 0.1) is 11.8 Å². The summed E-state index contributed by atoms with van der Waals surface area (Å²) in [5.41, 5.74) is 1.03. The number of nitrogens with zero attached hydrogens (tertiary/aromatic N) is 1. The molecule has 1 saturated carbocycles. The van der Waals surface area contributed by atoms with Crippen molar-refractivity contribution in [2.75, 3.05) is 13.1 Å². The molecular formula is C14H17Cl2NO. The average molecular weight is 286 g/mol. The van der Waals surface area contributed by atoms with E-state index < -0.39 is 0 Å². The molecule has 2 nitrogen and oxygen atoms in total. The van der Waals surface area contributed by atoms with Crippen LogP contribution in [0.5, 0.6) is 0 Å². The number of likely N-dealkylation sites (tertiary alicyclic amines) is 1. The smallest absolute Gasteiger partial charge is 0.0546 e. The van der Waals surface area contributed by atoms with Gasteiger partial charge in [0.1, 0.15) is 0 Å². The van der Waals surface area contributed by atoms with Crippen molar-refractivity contribution in [1.29, 1.82) is 0 Å². The molecule has 0 bridgehead atoms. The Morgan fingerprint density at radius 3 is 2.22 bits per heavy atom. The molecule has 1 aromatic carbocycles. The van der Waals surface area contributed by atoms with Crippen LogP contribution in [0.25, 0.3) is 0 Å². The van der Waals surface area contributed by atoms with Gasteiger partial charge in [0.05, 0.1) is 6.10 Å². The van der Waals surface area contributed by atoms with E-state index in [-0.39, 0.29) is 6.10 Å². The molecule has 1 N–H and O–H groups in total. The van der Waals surface area contributed by atoms with Crippen LogP contribution in [0.4, 0.5) is 0 Å². The van der Waals surface area contributed by atoms with Gasteiger partial charge in [-0.05, 0) is 36.8 Å². The van der Waals surface area contributed by atoms with Gasteiger partial charge in [-0.3, -0.25) is 4.90 Å². The van der Waals surface area contributed by atoms with Gasteiger partial charge in [-0.2, -0.15) is 0 Å². The predicted octanol–water partition coefficient (Wildman–Crippen LogP) is 3.20. The first kappa shape index (κ1) is 12.7. The van der Waals surface area contributed by atoms with E-state index in [9.17, 15) is 5.11 Å². The Balaban J connectivity index is 1.69. The molecule has 1 saturated heterocycles. The quantitative estimate of drug-likeness (QED) is 0.902. The molecule has 0 amide bonds. The van der Waals surface area contributed by atoms with E-state index >= 15 is 0 Å². The lowest BCUT2D eigenvalue weighted by molar-refractivity contribution is 0.161. The second-order valence-corrected chi connectivity index (χ2v) is 6.35. The molecule has 0 radical (unpaired) electrons. The monoisotopic (exact) mass is 285 g/mol. The van der Waals surface area contributed by atoms with Crippen molar-refractivity contribution in [2.24, 2.45) is 11.8 Å². The van der Waals surface area contributed by atoms with Gasteiger partial charge in [-0.15, -0.1) is 0 Å². The Morgan fingerprint density at radius 2 is 1.67 bits per heavy atom. The van der Waals surface area contributed by atoms with Crippen LogP contribution in [0.3, 0.4) is 0 Å². The number of benzene rings is 1. The minimum Gasteiger partial charge on any atom is -0.393 e. The first-order valence-electron chi connectivity index (χ1n) is 6.47. The standard InChI is InChI=1S/C14H17Cl2NO/c15-13-2-1-3-14(16)12(13)8-17-6-9-4-11(18)5-10(9)7-17/h1-3,9-11,18H,4-8H2/t9-,10+,11?. The summed E-state index contributed by atoms with van der Waals surface area (Å²) in [6.07, 6.45) is 1.83. The molecule has 4 heteroatoms. The molecule has 1 heterocycles. The largest absolute Gasteiger partial charge is 0.393 e. The van der Waals surface area contributed by atoms with Crippen LogP contribution < -0.4 is 0 Å². The zero-order valence-electron chi connectivity index (χ0n) is 10.1. The predicted molar refractivity (Wildman–Crippen MR) is 74.0 cm³/mol. The van der Waals surface area contributed by atoms with Gasteiger partial charge in [0.15, 0.2) is 0 Å². The van der Waals surface area contributed by atoms with Crippen molar-refractivity contribution < 1.29 is 5.11 Å². The van der Waals surface area contributed by atoms with Crippen molar-refractivity contribution >= 4 is 23.2 Å². The lowest BCUT2D eigenvalue weighted by Crippen LogP contribution is -2.23. The summed E-state index contributed by atoms with van der Waals surface area (Å²) in [5, 5.41) is 11.1. The number of hydrogen-bond acceptors (Lipinski definition) is 2. The average Bonchev–Trinajstić information content (AvgIpc) is 2.80. The third-order valence-electron chi connectivity index (χ3n) is 4.25. The summed E-state index contributed by atoms with van der Waals surface area (Å²) in [6, 6.07) is 5.66. The van der Waals surface area contributed by atoms with E-state index in [1.165, 1.54) is 0 Å². The Bertz CT molecular complexity index is 417. The number of aliphatic hydroxyl groups is 1. The van der Waals surface area contributed by atoms with E-state index in [2.05, 4.69) is 4.90 Å². The van der Waals surface area contributed by atoms with Crippen molar-refractivity contribution in [3.8, 4) is 0 Å². The van der Waals surface area contributed by atoms with Gasteiger partial charge < -0.3 is 5.11 Å². The fourth-order valence-electron chi connectivity index (χ4n) is 3.40. The number of rotatable bonds is 2. The fourth-order valence-corrected chi connectivity index (χ4v) is 3.92. The molecule has 3 rings (SSSR count). The lowest BCUT2D eigenvalue weighted by Gasteiger charge is -2.19. The maximum Gasteiger partial charge on any atom is 0.0546 e. The SMILES string of the molecule is OC1C[C@@H]2CN(Cc3c(Cl)cccc3Cl)C[C@@H]2C1.